The first-order chi connectivity index (χ1) is 14.8. The number of carbonyl (C=O) groups is 1. The maximum absolute atomic E-state index is 12.3. The number of amides is 1. The zero-order valence-corrected chi connectivity index (χ0v) is 18.5. The number of hydrogen-bond donors (Lipinski definition) is 1. The molecule has 3 aromatic rings. The summed E-state index contributed by atoms with van der Waals surface area (Å²) in [6.07, 6.45) is 2.36. The molecule has 0 aliphatic heterocycles. The Morgan fingerprint density at radius 3 is 2.58 bits per heavy atom. The lowest BCUT2D eigenvalue weighted by Crippen LogP contribution is -2.13. The summed E-state index contributed by atoms with van der Waals surface area (Å²) in [5, 5.41) is 11.9. The van der Waals surface area contributed by atoms with Crippen molar-refractivity contribution in [3.8, 4) is 11.8 Å². The third-order valence-electron chi connectivity index (χ3n) is 3.87. The molecular formula is C20H15ClN4O4S2. The molecule has 0 aliphatic rings. The molecule has 0 fully saturated rings. The van der Waals surface area contributed by atoms with Crippen molar-refractivity contribution < 1.29 is 17.9 Å². The van der Waals surface area contributed by atoms with Gasteiger partial charge in [0.15, 0.2) is 0 Å². The lowest BCUT2D eigenvalue weighted by atomic mass is 10.1. The summed E-state index contributed by atoms with van der Waals surface area (Å²) in [7, 11) is -3.58. The van der Waals surface area contributed by atoms with Crippen LogP contribution in [0.2, 0.25) is 5.02 Å². The van der Waals surface area contributed by atoms with Gasteiger partial charge < -0.3 is 4.74 Å². The van der Waals surface area contributed by atoms with Crippen LogP contribution in [0.15, 0.2) is 59.3 Å². The molecule has 0 saturated carbocycles. The van der Waals surface area contributed by atoms with E-state index in [-0.39, 0.29) is 15.9 Å². The Morgan fingerprint density at radius 1 is 1.26 bits per heavy atom. The number of ether oxygens (including phenoxy) is 1. The number of aromatic nitrogens is 2. The third-order valence-corrected chi connectivity index (χ3v) is 5.83. The van der Waals surface area contributed by atoms with Crippen molar-refractivity contribution in [2.45, 2.75) is 11.8 Å². The van der Waals surface area contributed by atoms with Gasteiger partial charge in [-0.25, -0.2) is 8.42 Å². The average Bonchev–Trinajstić information content (AvgIpc) is 3.21. The van der Waals surface area contributed by atoms with Crippen LogP contribution in [0.5, 0.6) is 5.75 Å². The Bertz CT molecular complexity index is 1280. The summed E-state index contributed by atoms with van der Waals surface area (Å²) >= 11 is 6.82. The summed E-state index contributed by atoms with van der Waals surface area (Å²) in [6.45, 7) is 0.304. The molecule has 0 spiro atoms. The first-order valence-electron chi connectivity index (χ1n) is 8.69. The Balaban J connectivity index is 1.66. The SMILES string of the molecule is CS(=O)(=O)c1nsc(NC(=O)C(C#N)=Cc2ccc(OCc3ccccc3Cl)cc2)n1. The molecule has 11 heteroatoms. The average molecular weight is 475 g/mol. The summed E-state index contributed by atoms with van der Waals surface area (Å²) in [5.41, 5.74) is 1.28. The number of halogens is 1. The fourth-order valence-corrected chi connectivity index (χ4v) is 3.96. The van der Waals surface area contributed by atoms with Crippen LogP contribution in [0.3, 0.4) is 0 Å². The highest BCUT2D eigenvalue weighted by Gasteiger charge is 2.17. The van der Waals surface area contributed by atoms with E-state index >= 15 is 0 Å². The van der Waals surface area contributed by atoms with E-state index in [1.54, 1.807) is 30.3 Å². The van der Waals surface area contributed by atoms with E-state index in [0.29, 0.717) is 34.5 Å². The maximum Gasteiger partial charge on any atom is 0.268 e. The summed E-state index contributed by atoms with van der Waals surface area (Å²) in [6, 6.07) is 16.0. The van der Waals surface area contributed by atoms with Crippen molar-refractivity contribution >= 4 is 50.1 Å². The van der Waals surface area contributed by atoms with Gasteiger partial charge in [-0.2, -0.15) is 14.6 Å². The quantitative estimate of drug-likeness (QED) is 0.409. The van der Waals surface area contributed by atoms with Gasteiger partial charge >= 0.3 is 0 Å². The maximum atomic E-state index is 12.3. The number of benzene rings is 2. The van der Waals surface area contributed by atoms with Crippen molar-refractivity contribution in [2.24, 2.45) is 0 Å². The van der Waals surface area contributed by atoms with Gasteiger partial charge in [-0.15, -0.1) is 0 Å². The van der Waals surface area contributed by atoms with E-state index in [9.17, 15) is 18.5 Å². The molecule has 8 nitrogen and oxygen atoms in total. The van der Waals surface area contributed by atoms with Crippen LogP contribution in [0.1, 0.15) is 11.1 Å². The molecule has 0 unspecified atom stereocenters. The molecule has 31 heavy (non-hydrogen) atoms. The predicted octanol–water partition coefficient (Wildman–Crippen LogP) is 3.72. The molecule has 0 aliphatic carbocycles. The zero-order chi connectivity index (χ0) is 22.4. The molecular weight excluding hydrogens is 460 g/mol. The second kappa shape index (κ2) is 9.70. The van der Waals surface area contributed by atoms with Crippen LogP contribution >= 0.6 is 23.1 Å². The van der Waals surface area contributed by atoms with Gasteiger partial charge in [-0.05, 0) is 29.8 Å². The minimum absolute atomic E-state index is 0.0186. The van der Waals surface area contributed by atoms with Gasteiger partial charge in [0.1, 0.15) is 24.0 Å². The van der Waals surface area contributed by atoms with Crippen LogP contribution in [0, 0.1) is 11.3 Å². The number of nitrogens with zero attached hydrogens (tertiary/aromatic N) is 3. The van der Waals surface area contributed by atoms with Gasteiger partial charge in [-0.1, -0.05) is 41.9 Å². The monoisotopic (exact) mass is 474 g/mol. The summed E-state index contributed by atoms with van der Waals surface area (Å²) < 4.78 is 32.2. The molecule has 3 rings (SSSR count). The van der Waals surface area contributed by atoms with Crippen molar-refractivity contribution in [1.29, 1.82) is 5.26 Å². The van der Waals surface area contributed by atoms with E-state index in [1.807, 2.05) is 24.3 Å². The number of rotatable bonds is 7. The van der Waals surface area contributed by atoms with E-state index in [1.165, 1.54) is 6.08 Å². The Kier molecular flexibility index (Phi) is 7.02. The minimum Gasteiger partial charge on any atom is -0.489 e. The van der Waals surface area contributed by atoms with Crippen molar-refractivity contribution in [3.05, 3.63) is 70.3 Å². The fraction of sp³-hybridized carbons (Fsp3) is 0.100. The molecule has 1 N–H and O–H groups in total. The van der Waals surface area contributed by atoms with E-state index in [0.717, 1.165) is 11.8 Å². The lowest BCUT2D eigenvalue weighted by molar-refractivity contribution is -0.112. The number of hydrogen-bond acceptors (Lipinski definition) is 8. The number of nitrogens with one attached hydrogen (secondary N) is 1. The van der Waals surface area contributed by atoms with Crippen LogP contribution in [-0.2, 0) is 21.2 Å². The molecule has 0 bridgehead atoms. The summed E-state index contributed by atoms with van der Waals surface area (Å²) in [5.74, 6) is -0.125. The largest absolute Gasteiger partial charge is 0.489 e. The van der Waals surface area contributed by atoms with E-state index in [2.05, 4.69) is 14.7 Å². The van der Waals surface area contributed by atoms with Crippen LogP contribution in [-0.4, -0.2) is 29.9 Å². The van der Waals surface area contributed by atoms with Gasteiger partial charge in [0.2, 0.25) is 15.0 Å². The molecule has 1 heterocycles. The van der Waals surface area contributed by atoms with Crippen LogP contribution < -0.4 is 10.1 Å². The Hall–Kier alpha value is -3.26. The predicted molar refractivity (Wildman–Crippen MR) is 117 cm³/mol. The summed E-state index contributed by atoms with van der Waals surface area (Å²) in [4.78, 5) is 16.0. The smallest absolute Gasteiger partial charge is 0.268 e. The number of anilines is 1. The molecule has 1 aromatic heterocycles. The number of carbonyl (C=O) groups excluding carboxylic acids is 1. The van der Waals surface area contributed by atoms with E-state index in [4.69, 9.17) is 16.3 Å². The highest BCUT2D eigenvalue weighted by Crippen LogP contribution is 2.20. The van der Waals surface area contributed by atoms with Gasteiger partial charge in [-0.3, -0.25) is 10.1 Å². The minimum atomic E-state index is -3.58. The standard InChI is InChI=1S/C20H15ClN4O4S2/c1-31(27,28)20-24-19(30-25-20)23-18(26)15(11-22)10-13-6-8-16(9-7-13)29-12-14-4-2-3-5-17(14)21/h2-10H,12H2,1H3,(H,23,24,25,26). The Labute approximate surface area is 187 Å². The van der Waals surface area contributed by atoms with E-state index < -0.39 is 15.7 Å². The first-order valence-corrected chi connectivity index (χ1v) is 11.7. The van der Waals surface area contributed by atoms with Crippen molar-refractivity contribution in [1.82, 2.24) is 9.36 Å². The van der Waals surface area contributed by atoms with Crippen LogP contribution in [0.4, 0.5) is 5.13 Å². The molecule has 1 amide bonds. The molecule has 158 valence electrons. The molecule has 2 aromatic carbocycles. The zero-order valence-electron chi connectivity index (χ0n) is 16.1. The lowest BCUT2D eigenvalue weighted by Gasteiger charge is -2.08. The van der Waals surface area contributed by atoms with Gasteiger partial charge in [0.05, 0.1) is 0 Å². The van der Waals surface area contributed by atoms with Crippen LogP contribution in [0.25, 0.3) is 6.08 Å². The molecule has 0 atom stereocenters. The number of nitriles is 1. The van der Waals surface area contributed by atoms with Crippen molar-refractivity contribution in [2.75, 3.05) is 11.6 Å². The van der Waals surface area contributed by atoms with Gasteiger partial charge in [0, 0.05) is 28.4 Å². The fourth-order valence-electron chi connectivity index (χ4n) is 2.33. The van der Waals surface area contributed by atoms with Crippen molar-refractivity contribution in [3.63, 3.8) is 0 Å². The molecule has 0 saturated heterocycles. The second-order valence-electron chi connectivity index (χ2n) is 6.23. The van der Waals surface area contributed by atoms with Gasteiger partial charge in [0.25, 0.3) is 11.1 Å². The Morgan fingerprint density at radius 2 is 1.97 bits per heavy atom. The highest BCUT2D eigenvalue weighted by atomic mass is 35.5. The third kappa shape index (κ3) is 6.11. The second-order valence-corrected chi connectivity index (χ2v) is 9.30. The normalized spacial score (nSPS) is 11.6. The highest BCUT2D eigenvalue weighted by molar-refractivity contribution is 7.90. The molecule has 0 radical (unpaired) electrons. The topological polar surface area (TPSA) is 122 Å². The first kappa shape index (κ1) is 22.4. The number of sulfone groups is 1.